The lowest BCUT2D eigenvalue weighted by Crippen LogP contribution is -2.16. The van der Waals surface area contributed by atoms with Crippen molar-refractivity contribution in [3.8, 4) is 23.1 Å². The molecule has 1 aromatic heterocycles. The summed E-state index contributed by atoms with van der Waals surface area (Å²) in [5, 5.41) is 8.92. The number of ether oxygens (including phenoxy) is 1. The summed E-state index contributed by atoms with van der Waals surface area (Å²) >= 11 is 6.06. The molecule has 1 aromatic carbocycles. The van der Waals surface area contributed by atoms with E-state index in [9.17, 15) is 13.2 Å². The van der Waals surface area contributed by atoms with Crippen molar-refractivity contribution >= 4 is 11.6 Å². The molecule has 0 aliphatic rings. The standard InChI is InChI=1S/C14H8ClF3N2O/c15-12-7-9(5-6-19)8-20-13(12)10-1-3-11(4-2-10)21-14(16,17)18/h1-4,7-8H,5H2. The van der Waals surface area contributed by atoms with Crippen LogP contribution in [0.25, 0.3) is 11.3 Å². The van der Waals surface area contributed by atoms with Crippen LogP contribution in [0.4, 0.5) is 13.2 Å². The SMILES string of the molecule is N#CCc1cnc(-c2ccc(OC(F)(F)F)cc2)c(Cl)c1. The minimum Gasteiger partial charge on any atom is -0.406 e. The molecule has 1 heterocycles. The van der Waals surface area contributed by atoms with Gasteiger partial charge in [-0.25, -0.2) is 0 Å². The minimum atomic E-state index is -4.73. The second-order valence-electron chi connectivity index (χ2n) is 4.08. The number of halogens is 4. The Morgan fingerprint density at radius 1 is 1.24 bits per heavy atom. The van der Waals surface area contributed by atoms with E-state index in [1.807, 2.05) is 6.07 Å². The van der Waals surface area contributed by atoms with Crippen molar-refractivity contribution in [2.24, 2.45) is 0 Å². The number of nitrogens with zero attached hydrogens (tertiary/aromatic N) is 2. The molecule has 0 bridgehead atoms. The third kappa shape index (κ3) is 4.10. The van der Waals surface area contributed by atoms with E-state index in [0.29, 0.717) is 21.8 Å². The second kappa shape index (κ2) is 6.02. The topological polar surface area (TPSA) is 45.9 Å². The van der Waals surface area contributed by atoms with E-state index in [4.69, 9.17) is 16.9 Å². The van der Waals surface area contributed by atoms with Crippen molar-refractivity contribution < 1.29 is 17.9 Å². The van der Waals surface area contributed by atoms with Gasteiger partial charge in [0, 0.05) is 11.8 Å². The molecule has 0 spiro atoms. The van der Waals surface area contributed by atoms with Crippen molar-refractivity contribution in [1.82, 2.24) is 4.98 Å². The highest BCUT2D eigenvalue weighted by Crippen LogP contribution is 2.29. The van der Waals surface area contributed by atoms with Crippen LogP contribution in [0.3, 0.4) is 0 Å². The summed E-state index contributed by atoms with van der Waals surface area (Å²) in [4.78, 5) is 4.13. The predicted octanol–water partition coefficient (Wildman–Crippen LogP) is 4.37. The first kappa shape index (κ1) is 15.1. The summed E-state index contributed by atoms with van der Waals surface area (Å²) < 4.78 is 40.0. The van der Waals surface area contributed by atoms with E-state index >= 15 is 0 Å². The number of hydrogen-bond donors (Lipinski definition) is 0. The Hall–Kier alpha value is -2.26. The van der Waals surface area contributed by atoms with Gasteiger partial charge in [-0.15, -0.1) is 13.2 Å². The smallest absolute Gasteiger partial charge is 0.406 e. The molecule has 3 nitrogen and oxygen atoms in total. The second-order valence-corrected chi connectivity index (χ2v) is 4.49. The van der Waals surface area contributed by atoms with E-state index in [1.165, 1.54) is 30.5 Å². The minimum absolute atomic E-state index is 0.186. The number of aromatic nitrogens is 1. The first-order valence-electron chi connectivity index (χ1n) is 5.76. The molecule has 0 aliphatic carbocycles. The van der Waals surface area contributed by atoms with Crippen molar-refractivity contribution in [2.75, 3.05) is 0 Å². The van der Waals surface area contributed by atoms with E-state index in [2.05, 4.69) is 9.72 Å². The highest BCUT2D eigenvalue weighted by molar-refractivity contribution is 6.33. The quantitative estimate of drug-likeness (QED) is 0.845. The fraction of sp³-hybridized carbons (Fsp3) is 0.143. The van der Waals surface area contributed by atoms with Crippen LogP contribution in [-0.2, 0) is 6.42 Å². The summed E-state index contributed by atoms with van der Waals surface area (Å²) in [6.07, 6.45) is -3.04. The highest BCUT2D eigenvalue weighted by atomic mass is 35.5. The van der Waals surface area contributed by atoms with Gasteiger partial charge in [0.05, 0.1) is 23.2 Å². The van der Waals surface area contributed by atoms with Crippen LogP contribution in [0.15, 0.2) is 36.5 Å². The van der Waals surface area contributed by atoms with E-state index in [0.717, 1.165) is 0 Å². The molecule has 2 rings (SSSR count). The van der Waals surface area contributed by atoms with Crippen molar-refractivity contribution in [1.29, 1.82) is 5.26 Å². The molecule has 0 radical (unpaired) electrons. The monoisotopic (exact) mass is 312 g/mol. The van der Waals surface area contributed by atoms with Gasteiger partial charge in [0.1, 0.15) is 5.75 Å². The van der Waals surface area contributed by atoms with Crippen molar-refractivity contribution in [3.05, 3.63) is 47.1 Å². The summed E-state index contributed by atoms with van der Waals surface area (Å²) in [6.45, 7) is 0. The van der Waals surface area contributed by atoms with Crippen LogP contribution in [0.2, 0.25) is 5.02 Å². The molecule has 0 amide bonds. The fourth-order valence-corrected chi connectivity index (χ4v) is 1.99. The van der Waals surface area contributed by atoms with Gasteiger partial charge in [0.25, 0.3) is 0 Å². The molecule has 0 atom stereocenters. The van der Waals surface area contributed by atoms with Gasteiger partial charge in [0.2, 0.25) is 0 Å². The molecule has 0 saturated carbocycles. The zero-order valence-electron chi connectivity index (χ0n) is 10.5. The van der Waals surface area contributed by atoms with Gasteiger partial charge in [-0.1, -0.05) is 11.6 Å². The molecule has 0 unspecified atom stereocenters. The maximum absolute atomic E-state index is 12.1. The van der Waals surface area contributed by atoms with Crippen molar-refractivity contribution in [3.63, 3.8) is 0 Å². The van der Waals surface area contributed by atoms with Crippen LogP contribution < -0.4 is 4.74 Å². The van der Waals surface area contributed by atoms with Crippen LogP contribution in [0.5, 0.6) is 5.75 Å². The van der Waals surface area contributed by atoms with Gasteiger partial charge in [-0.2, -0.15) is 5.26 Å². The van der Waals surface area contributed by atoms with Crippen LogP contribution in [0.1, 0.15) is 5.56 Å². The third-order valence-electron chi connectivity index (χ3n) is 2.54. The van der Waals surface area contributed by atoms with Gasteiger partial charge in [-0.05, 0) is 35.9 Å². The molecule has 0 saturated heterocycles. The average molecular weight is 313 g/mol. The lowest BCUT2D eigenvalue weighted by atomic mass is 10.1. The summed E-state index contributed by atoms with van der Waals surface area (Å²) in [5.41, 5.74) is 1.65. The summed E-state index contributed by atoms with van der Waals surface area (Å²) in [7, 11) is 0. The van der Waals surface area contributed by atoms with E-state index < -0.39 is 6.36 Å². The molecule has 7 heteroatoms. The highest BCUT2D eigenvalue weighted by Gasteiger charge is 2.30. The summed E-state index contributed by atoms with van der Waals surface area (Å²) in [6, 6.07) is 8.81. The average Bonchev–Trinajstić information content (AvgIpc) is 2.39. The Bertz CT molecular complexity index is 678. The number of nitriles is 1. The van der Waals surface area contributed by atoms with Gasteiger partial charge in [0.15, 0.2) is 0 Å². The first-order valence-corrected chi connectivity index (χ1v) is 6.14. The predicted molar refractivity (Wildman–Crippen MR) is 70.7 cm³/mol. The van der Waals surface area contributed by atoms with Crippen LogP contribution in [-0.4, -0.2) is 11.3 Å². The third-order valence-corrected chi connectivity index (χ3v) is 2.83. The Morgan fingerprint density at radius 3 is 2.43 bits per heavy atom. The van der Waals surface area contributed by atoms with Crippen LogP contribution >= 0.6 is 11.6 Å². The molecule has 0 fully saturated rings. The molecular weight excluding hydrogens is 305 g/mol. The van der Waals surface area contributed by atoms with E-state index in [1.54, 1.807) is 6.07 Å². The van der Waals surface area contributed by atoms with Crippen LogP contribution in [0, 0.1) is 11.3 Å². The number of alkyl halides is 3. The molecule has 108 valence electrons. The zero-order valence-corrected chi connectivity index (χ0v) is 11.2. The normalized spacial score (nSPS) is 11.0. The summed E-state index contributed by atoms with van der Waals surface area (Å²) in [5.74, 6) is -0.316. The Kier molecular flexibility index (Phi) is 4.34. The van der Waals surface area contributed by atoms with Gasteiger partial charge >= 0.3 is 6.36 Å². The number of hydrogen-bond acceptors (Lipinski definition) is 3. The van der Waals surface area contributed by atoms with Gasteiger partial charge in [-0.3, -0.25) is 4.98 Å². The lowest BCUT2D eigenvalue weighted by Gasteiger charge is -2.10. The first-order chi connectivity index (χ1) is 9.89. The molecule has 0 aliphatic heterocycles. The van der Waals surface area contributed by atoms with Gasteiger partial charge < -0.3 is 4.74 Å². The molecular formula is C14H8ClF3N2O. The number of benzene rings is 1. The fourth-order valence-electron chi connectivity index (χ4n) is 1.69. The molecule has 0 N–H and O–H groups in total. The number of rotatable bonds is 3. The zero-order chi connectivity index (χ0) is 15.5. The largest absolute Gasteiger partial charge is 0.573 e. The van der Waals surface area contributed by atoms with Crippen molar-refractivity contribution in [2.45, 2.75) is 12.8 Å². The maximum atomic E-state index is 12.1. The Morgan fingerprint density at radius 2 is 1.90 bits per heavy atom. The Balaban J connectivity index is 2.25. The number of pyridine rings is 1. The van der Waals surface area contributed by atoms with E-state index in [-0.39, 0.29) is 12.2 Å². The maximum Gasteiger partial charge on any atom is 0.573 e. The molecule has 2 aromatic rings. The molecule has 21 heavy (non-hydrogen) atoms. The lowest BCUT2D eigenvalue weighted by molar-refractivity contribution is -0.274. The Labute approximate surface area is 123 Å².